The highest BCUT2D eigenvalue weighted by Gasteiger charge is 2.31. The summed E-state index contributed by atoms with van der Waals surface area (Å²) >= 11 is 5.78. The Labute approximate surface area is 94.8 Å². The van der Waals surface area contributed by atoms with Crippen LogP contribution >= 0.6 is 11.6 Å². The molecule has 15 heavy (non-hydrogen) atoms. The molecule has 2 nitrogen and oxygen atoms in total. The molecule has 0 spiro atoms. The molecule has 0 heterocycles. The lowest BCUT2D eigenvalue weighted by Crippen LogP contribution is -2.32. The molecule has 1 saturated carbocycles. The Hall–Kier alpha value is -1.02. The van der Waals surface area contributed by atoms with Crippen molar-refractivity contribution in [1.82, 2.24) is 4.90 Å². The lowest BCUT2D eigenvalue weighted by Gasteiger charge is -2.20. The van der Waals surface area contributed by atoms with E-state index in [1.165, 1.54) is 0 Å². The second-order valence-electron chi connectivity index (χ2n) is 3.83. The number of hydrogen-bond acceptors (Lipinski definition) is 1. The summed E-state index contributed by atoms with van der Waals surface area (Å²) in [5.74, 6) is 0.122. The molecular formula is C12H14ClNO. The monoisotopic (exact) mass is 223 g/mol. The number of carbonyl (C=O) groups is 1. The zero-order valence-corrected chi connectivity index (χ0v) is 9.50. The molecule has 0 aliphatic heterocycles. The van der Waals surface area contributed by atoms with Crippen molar-refractivity contribution in [2.24, 2.45) is 0 Å². The van der Waals surface area contributed by atoms with E-state index in [9.17, 15) is 4.79 Å². The number of halogens is 1. The van der Waals surface area contributed by atoms with Gasteiger partial charge in [0, 0.05) is 23.2 Å². The summed E-state index contributed by atoms with van der Waals surface area (Å²) in [5, 5.41) is 0.668. The Bertz CT molecular complexity index is 356. The van der Waals surface area contributed by atoms with E-state index in [-0.39, 0.29) is 5.91 Å². The van der Waals surface area contributed by atoms with Crippen molar-refractivity contribution in [3.8, 4) is 0 Å². The fraction of sp³-hybridized carbons (Fsp3) is 0.417. The molecule has 1 fully saturated rings. The predicted octanol–water partition coefficient (Wildman–Crippen LogP) is 2.96. The van der Waals surface area contributed by atoms with Gasteiger partial charge >= 0.3 is 0 Å². The van der Waals surface area contributed by atoms with Crippen LogP contribution in [0.5, 0.6) is 0 Å². The van der Waals surface area contributed by atoms with E-state index in [1.54, 1.807) is 24.3 Å². The second-order valence-corrected chi connectivity index (χ2v) is 4.27. The lowest BCUT2D eigenvalue weighted by molar-refractivity contribution is 0.0752. The summed E-state index contributed by atoms with van der Waals surface area (Å²) in [6.07, 6.45) is 2.29. The average molecular weight is 224 g/mol. The molecular weight excluding hydrogens is 210 g/mol. The summed E-state index contributed by atoms with van der Waals surface area (Å²) in [7, 11) is 0. The van der Waals surface area contributed by atoms with Crippen LogP contribution < -0.4 is 0 Å². The number of amides is 1. The molecule has 2 rings (SSSR count). The Kier molecular flexibility index (Phi) is 2.96. The fourth-order valence-corrected chi connectivity index (χ4v) is 1.84. The molecule has 0 bridgehead atoms. The Morgan fingerprint density at radius 1 is 1.40 bits per heavy atom. The van der Waals surface area contributed by atoms with Gasteiger partial charge in [0.25, 0.3) is 5.91 Å². The van der Waals surface area contributed by atoms with E-state index in [0.29, 0.717) is 11.1 Å². The summed E-state index contributed by atoms with van der Waals surface area (Å²) in [4.78, 5) is 14.0. The molecule has 0 saturated heterocycles. The van der Waals surface area contributed by atoms with Crippen LogP contribution in [-0.2, 0) is 0 Å². The van der Waals surface area contributed by atoms with Crippen LogP contribution in [0.25, 0.3) is 0 Å². The molecule has 1 aliphatic rings. The van der Waals surface area contributed by atoms with Crippen molar-refractivity contribution in [2.45, 2.75) is 25.8 Å². The van der Waals surface area contributed by atoms with Gasteiger partial charge in [-0.25, -0.2) is 0 Å². The van der Waals surface area contributed by atoms with Crippen molar-refractivity contribution >= 4 is 17.5 Å². The van der Waals surface area contributed by atoms with Gasteiger partial charge in [-0.15, -0.1) is 0 Å². The van der Waals surface area contributed by atoms with Gasteiger partial charge in [0.05, 0.1) is 0 Å². The molecule has 0 N–H and O–H groups in total. The quantitative estimate of drug-likeness (QED) is 0.772. The molecule has 1 aromatic carbocycles. The van der Waals surface area contributed by atoms with Gasteiger partial charge in [-0.05, 0) is 44.0 Å². The molecule has 1 aromatic rings. The molecule has 0 unspecified atom stereocenters. The van der Waals surface area contributed by atoms with E-state index in [2.05, 4.69) is 0 Å². The average Bonchev–Trinajstić information content (AvgIpc) is 3.04. The second kappa shape index (κ2) is 4.23. The van der Waals surface area contributed by atoms with Gasteiger partial charge in [0.2, 0.25) is 0 Å². The number of hydrogen-bond donors (Lipinski definition) is 0. The Morgan fingerprint density at radius 2 is 2.00 bits per heavy atom. The zero-order valence-electron chi connectivity index (χ0n) is 8.74. The standard InChI is InChI=1S/C12H14ClNO/c1-2-14(11-7-8-11)12(15)9-3-5-10(13)6-4-9/h3-6,11H,2,7-8H2,1H3. The maximum absolute atomic E-state index is 12.1. The predicted molar refractivity (Wildman–Crippen MR) is 61.2 cm³/mol. The van der Waals surface area contributed by atoms with Gasteiger partial charge in [-0.1, -0.05) is 11.6 Å². The van der Waals surface area contributed by atoms with Crippen molar-refractivity contribution in [3.05, 3.63) is 34.9 Å². The minimum Gasteiger partial charge on any atom is -0.336 e. The molecule has 1 aliphatic carbocycles. The summed E-state index contributed by atoms with van der Waals surface area (Å²) in [6, 6.07) is 7.56. The first-order valence-electron chi connectivity index (χ1n) is 5.29. The van der Waals surface area contributed by atoms with E-state index < -0.39 is 0 Å². The third-order valence-electron chi connectivity index (χ3n) is 2.68. The fourth-order valence-electron chi connectivity index (χ4n) is 1.71. The van der Waals surface area contributed by atoms with Gasteiger partial charge < -0.3 is 4.90 Å². The molecule has 0 aromatic heterocycles. The first kappa shape index (κ1) is 10.5. The van der Waals surface area contributed by atoms with E-state index >= 15 is 0 Å². The van der Waals surface area contributed by atoms with Crippen molar-refractivity contribution in [2.75, 3.05) is 6.54 Å². The maximum atomic E-state index is 12.1. The van der Waals surface area contributed by atoms with Crippen molar-refractivity contribution < 1.29 is 4.79 Å². The number of nitrogens with zero attached hydrogens (tertiary/aromatic N) is 1. The van der Waals surface area contributed by atoms with Crippen LogP contribution in [0.1, 0.15) is 30.1 Å². The number of carbonyl (C=O) groups excluding carboxylic acids is 1. The van der Waals surface area contributed by atoms with Crippen LogP contribution in [0.15, 0.2) is 24.3 Å². The Balaban J connectivity index is 2.15. The third-order valence-corrected chi connectivity index (χ3v) is 2.93. The van der Waals surface area contributed by atoms with Crippen LogP contribution in [-0.4, -0.2) is 23.4 Å². The minimum absolute atomic E-state index is 0.122. The van der Waals surface area contributed by atoms with Crippen LogP contribution in [0, 0.1) is 0 Å². The Morgan fingerprint density at radius 3 is 2.47 bits per heavy atom. The number of benzene rings is 1. The topological polar surface area (TPSA) is 20.3 Å². The summed E-state index contributed by atoms with van der Waals surface area (Å²) in [5.41, 5.74) is 0.730. The van der Waals surface area contributed by atoms with Crippen molar-refractivity contribution in [1.29, 1.82) is 0 Å². The van der Waals surface area contributed by atoms with Crippen molar-refractivity contribution in [3.63, 3.8) is 0 Å². The van der Waals surface area contributed by atoms with Crippen LogP contribution in [0.2, 0.25) is 5.02 Å². The van der Waals surface area contributed by atoms with E-state index in [1.807, 2.05) is 11.8 Å². The smallest absolute Gasteiger partial charge is 0.254 e. The maximum Gasteiger partial charge on any atom is 0.254 e. The molecule has 80 valence electrons. The van der Waals surface area contributed by atoms with Gasteiger partial charge in [-0.2, -0.15) is 0 Å². The third kappa shape index (κ3) is 2.32. The number of rotatable bonds is 3. The zero-order chi connectivity index (χ0) is 10.8. The highest BCUT2D eigenvalue weighted by molar-refractivity contribution is 6.30. The highest BCUT2D eigenvalue weighted by atomic mass is 35.5. The molecule has 1 amide bonds. The van der Waals surface area contributed by atoms with E-state index in [0.717, 1.165) is 24.9 Å². The SMILES string of the molecule is CCN(C(=O)c1ccc(Cl)cc1)C1CC1. The first-order valence-corrected chi connectivity index (χ1v) is 5.66. The normalized spacial score (nSPS) is 15.1. The molecule has 3 heteroatoms. The first-order chi connectivity index (χ1) is 7.22. The van der Waals surface area contributed by atoms with E-state index in [4.69, 9.17) is 11.6 Å². The van der Waals surface area contributed by atoms with Crippen LogP contribution in [0.4, 0.5) is 0 Å². The largest absolute Gasteiger partial charge is 0.336 e. The van der Waals surface area contributed by atoms with Gasteiger partial charge in [0.1, 0.15) is 0 Å². The summed E-state index contributed by atoms with van der Waals surface area (Å²) in [6.45, 7) is 2.80. The minimum atomic E-state index is 0.122. The highest BCUT2D eigenvalue weighted by Crippen LogP contribution is 2.28. The van der Waals surface area contributed by atoms with Gasteiger partial charge in [-0.3, -0.25) is 4.79 Å². The van der Waals surface area contributed by atoms with Crippen LogP contribution in [0.3, 0.4) is 0 Å². The lowest BCUT2D eigenvalue weighted by atomic mass is 10.2. The van der Waals surface area contributed by atoms with Gasteiger partial charge in [0.15, 0.2) is 0 Å². The summed E-state index contributed by atoms with van der Waals surface area (Å²) < 4.78 is 0. The molecule has 0 radical (unpaired) electrons. The molecule has 0 atom stereocenters.